The first kappa shape index (κ1) is 26.5. The maximum Gasteiger partial charge on any atom is 0.253 e. The van der Waals surface area contributed by atoms with E-state index in [0.29, 0.717) is 34.2 Å². The van der Waals surface area contributed by atoms with E-state index in [-0.39, 0.29) is 11.9 Å². The lowest BCUT2D eigenvalue weighted by Gasteiger charge is -2.17. The van der Waals surface area contributed by atoms with Gasteiger partial charge in [-0.1, -0.05) is 24.8 Å². The van der Waals surface area contributed by atoms with E-state index >= 15 is 0 Å². The lowest BCUT2D eigenvalue weighted by atomic mass is 10.1. The molecule has 7 rings (SSSR count). The zero-order valence-corrected chi connectivity index (χ0v) is 23.8. The molecular formula is C32H27N9OS. The molecule has 0 spiro atoms. The minimum Gasteiger partial charge on any atom is -0.383 e. The number of carbonyl (C=O) groups is 1. The van der Waals surface area contributed by atoms with Gasteiger partial charge in [0.25, 0.3) is 5.91 Å². The molecule has 2 aromatic carbocycles. The molecule has 0 fully saturated rings. The lowest BCUT2D eigenvalue weighted by Crippen LogP contribution is -2.27. The molecule has 43 heavy (non-hydrogen) atoms. The number of nitrogen functional groups attached to an aromatic ring is 1. The van der Waals surface area contributed by atoms with E-state index in [2.05, 4.69) is 38.8 Å². The molecule has 1 atom stereocenters. The van der Waals surface area contributed by atoms with Crippen LogP contribution < -0.4 is 15.8 Å². The first-order valence-corrected chi connectivity index (χ1v) is 14.6. The molecule has 4 heterocycles. The van der Waals surface area contributed by atoms with Crippen LogP contribution in [0, 0.1) is 0 Å². The quantitative estimate of drug-likeness (QED) is 0.189. The number of anilines is 2. The van der Waals surface area contributed by atoms with Gasteiger partial charge in [-0.3, -0.25) is 9.36 Å². The second kappa shape index (κ2) is 11.1. The highest BCUT2D eigenvalue weighted by molar-refractivity contribution is 8.03. The number of nitrogens with two attached hydrogens (primary N) is 1. The second-order valence-electron chi connectivity index (χ2n) is 10.0. The molecular weight excluding hydrogens is 558 g/mol. The smallest absolute Gasteiger partial charge is 0.253 e. The van der Waals surface area contributed by atoms with E-state index in [0.717, 1.165) is 40.9 Å². The van der Waals surface area contributed by atoms with Gasteiger partial charge in [-0.25, -0.2) is 19.6 Å². The normalized spacial score (nSPS) is 14.0. The number of para-hydroxylation sites is 1. The Hall–Kier alpha value is -5.42. The Morgan fingerprint density at radius 3 is 2.79 bits per heavy atom. The summed E-state index contributed by atoms with van der Waals surface area (Å²) in [4.78, 5) is 27.5. The van der Waals surface area contributed by atoms with Gasteiger partial charge in [0.05, 0.1) is 22.9 Å². The summed E-state index contributed by atoms with van der Waals surface area (Å²) in [6.45, 7) is 3.72. The molecule has 4 N–H and O–H groups in total. The molecule has 11 heteroatoms. The van der Waals surface area contributed by atoms with Crippen LogP contribution in [0.15, 0.2) is 103 Å². The van der Waals surface area contributed by atoms with Crippen molar-refractivity contribution in [2.75, 3.05) is 10.5 Å². The number of nitrogens with one attached hydrogen (secondary N) is 2. The van der Waals surface area contributed by atoms with Gasteiger partial charge in [-0.05, 0) is 95.9 Å². The van der Waals surface area contributed by atoms with Crippen LogP contribution >= 0.6 is 11.9 Å². The van der Waals surface area contributed by atoms with Gasteiger partial charge in [0.2, 0.25) is 0 Å². The number of pyridine rings is 2. The molecule has 10 nitrogen and oxygen atoms in total. The molecule has 0 saturated heterocycles. The van der Waals surface area contributed by atoms with Crippen LogP contribution in [-0.2, 0) is 6.42 Å². The summed E-state index contributed by atoms with van der Waals surface area (Å²) in [5, 5.41) is 9.27. The molecule has 0 bridgehead atoms. The summed E-state index contributed by atoms with van der Waals surface area (Å²) in [6, 6.07) is 23.1. The Morgan fingerprint density at radius 1 is 1.05 bits per heavy atom. The first-order chi connectivity index (χ1) is 21.1. The van der Waals surface area contributed by atoms with Crippen molar-refractivity contribution in [2.45, 2.75) is 18.9 Å². The zero-order valence-electron chi connectivity index (χ0n) is 23.0. The van der Waals surface area contributed by atoms with Crippen molar-refractivity contribution in [3.63, 3.8) is 0 Å². The summed E-state index contributed by atoms with van der Waals surface area (Å²) < 4.78 is 6.90. The average Bonchev–Trinajstić information content (AvgIpc) is 3.79. The topological polar surface area (TPSA) is 129 Å². The highest BCUT2D eigenvalue weighted by atomic mass is 32.2. The number of aromatic nitrogens is 6. The van der Waals surface area contributed by atoms with Crippen molar-refractivity contribution in [2.24, 2.45) is 0 Å². The lowest BCUT2D eigenvalue weighted by molar-refractivity contribution is 0.0937. The minimum absolute atomic E-state index is 0.103. The predicted molar refractivity (Wildman–Crippen MR) is 170 cm³/mol. The van der Waals surface area contributed by atoms with Gasteiger partial charge in [0, 0.05) is 24.3 Å². The third kappa shape index (κ3) is 4.89. The Kier molecular flexibility index (Phi) is 6.84. The monoisotopic (exact) mass is 585 g/mol. The summed E-state index contributed by atoms with van der Waals surface area (Å²) in [5.41, 5.74) is 12.9. The van der Waals surface area contributed by atoms with Crippen LogP contribution in [-0.4, -0.2) is 35.2 Å². The van der Waals surface area contributed by atoms with E-state index in [1.54, 1.807) is 22.5 Å². The summed E-state index contributed by atoms with van der Waals surface area (Å²) >= 11 is 1.33. The first-order valence-electron chi connectivity index (χ1n) is 13.8. The Balaban J connectivity index is 1.27. The number of imidazole rings is 1. The fraction of sp³-hybridized carbons (Fsp3) is 0.0938. The van der Waals surface area contributed by atoms with Crippen molar-refractivity contribution in [1.82, 2.24) is 34.6 Å². The number of aryl methyl sites for hydroxylation is 1. The summed E-state index contributed by atoms with van der Waals surface area (Å²) in [7, 11) is 0. The number of hydrogen-bond donors (Lipinski definition) is 3. The van der Waals surface area contributed by atoms with Gasteiger partial charge in [0.1, 0.15) is 11.3 Å². The predicted octanol–water partition coefficient (Wildman–Crippen LogP) is 5.87. The van der Waals surface area contributed by atoms with E-state index in [4.69, 9.17) is 15.7 Å². The summed E-state index contributed by atoms with van der Waals surface area (Å²) in [6.07, 6.45) is 6.86. The van der Waals surface area contributed by atoms with Crippen LogP contribution in [0.4, 0.5) is 11.5 Å². The minimum atomic E-state index is -0.125. The molecule has 0 saturated carbocycles. The van der Waals surface area contributed by atoms with E-state index in [1.807, 2.05) is 71.4 Å². The third-order valence-corrected chi connectivity index (χ3v) is 8.00. The maximum atomic E-state index is 13.3. The molecule has 1 amide bonds. The fourth-order valence-corrected chi connectivity index (χ4v) is 5.90. The number of rotatable bonds is 8. The maximum absolute atomic E-state index is 13.3. The third-order valence-electron chi connectivity index (χ3n) is 7.50. The standard InChI is InChI=1S/C32H27N9OS/c1-2-43-39-26-9-4-3-7-23(26)32(42)37-25-13-10-20-19-21(11-12-22(20)25)41-30(24-8-5-16-34-29(24)33)36-27-14-15-28(38-31(27)41)40-18-6-17-35-40/h2-9,11-12,14-19,25,39H,1,10,13H2,(H2,33,34)(H,37,42). The number of benzene rings is 2. The molecule has 0 aliphatic heterocycles. The van der Waals surface area contributed by atoms with E-state index in [1.165, 1.54) is 11.9 Å². The van der Waals surface area contributed by atoms with E-state index in [9.17, 15) is 4.79 Å². The van der Waals surface area contributed by atoms with Crippen molar-refractivity contribution in [3.8, 4) is 22.9 Å². The molecule has 6 aromatic rings. The largest absolute Gasteiger partial charge is 0.383 e. The number of amides is 1. The van der Waals surface area contributed by atoms with Crippen LogP contribution in [0.1, 0.15) is 33.9 Å². The Bertz CT molecular complexity index is 1980. The molecule has 0 radical (unpaired) electrons. The second-order valence-corrected chi connectivity index (χ2v) is 10.8. The fourth-order valence-electron chi connectivity index (χ4n) is 5.52. The van der Waals surface area contributed by atoms with Gasteiger partial charge in [-0.15, -0.1) is 0 Å². The summed E-state index contributed by atoms with van der Waals surface area (Å²) in [5.74, 6) is 1.58. The average molecular weight is 586 g/mol. The number of fused-ring (bicyclic) bond motifs is 2. The SMILES string of the molecule is C=CSNc1ccccc1C(=O)NC1CCc2cc(-n3c(-c4cccnc4N)nc4ccc(-n5cccn5)nc43)ccc21. The van der Waals surface area contributed by atoms with Crippen molar-refractivity contribution in [1.29, 1.82) is 0 Å². The number of carbonyl (C=O) groups excluding carboxylic acids is 1. The van der Waals surface area contributed by atoms with Crippen LogP contribution in [0.25, 0.3) is 34.1 Å². The van der Waals surface area contributed by atoms with Crippen molar-refractivity contribution >= 4 is 40.5 Å². The van der Waals surface area contributed by atoms with Crippen LogP contribution in [0.3, 0.4) is 0 Å². The highest BCUT2D eigenvalue weighted by Crippen LogP contribution is 2.36. The number of nitrogens with zero attached hydrogens (tertiary/aromatic N) is 6. The molecule has 212 valence electrons. The van der Waals surface area contributed by atoms with Crippen molar-refractivity contribution in [3.05, 3.63) is 120 Å². The van der Waals surface area contributed by atoms with Crippen LogP contribution in [0.5, 0.6) is 0 Å². The molecule has 4 aromatic heterocycles. The van der Waals surface area contributed by atoms with Crippen LogP contribution in [0.2, 0.25) is 0 Å². The van der Waals surface area contributed by atoms with E-state index < -0.39 is 0 Å². The van der Waals surface area contributed by atoms with Gasteiger partial charge in [-0.2, -0.15) is 5.10 Å². The Labute approximate surface area is 251 Å². The molecule has 1 aliphatic rings. The van der Waals surface area contributed by atoms with Gasteiger partial charge >= 0.3 is 0 Å². The number of hydrogen-bond acceptors (Lipinski definition) is 8. The molecule has 1 aliphatic carbocycles. The Morgan fingerprint density at radius 2 is 1.95 bits per heavy atom. The van der Waals surface area contributed by atoms with Gasteiger partial charge < -0.3 is 15.8 Å². The van der Waals surface area contributed by atoms with Gasteiger partial charge in [0.15, 0.2) is 17.3 Å². The highest BCUT2D eigenvalue weighted by Gasteiger charge is 2.27. The zero-order chi connectivity index (χ0) is 29.3. The van der Waals surface area contributed by atoms with Crippen molar-refractivity contribution < 1.29 is 4.79 Å². The molecule has 1 unspecified atom stereocenters.